The average Bonchev–Trinajstić information content (AvgIpc) is 3.12. The molecule has 3 N–H and O–H groups in total. The van der Waals surface area contributed by atoms with Gasteiger partial charge in [-0.2, -0.15) is 0 Å². The van der Waals surface area contributed by atoms with E-state index in [-0.39, 0.29) is 17.7 Å². The van der Waals surface area contributed by atoms with Crippen LogP contribution in [-0.4, -0.2) is 62.5 Å². The smallest absolute Gasteiger partial charge is 0.312 e. The van der Waals surface area contributed by atoms with Gasteiger partial charge in [0.05, 0.1) is 5.92 Å². The molecule has 2 aliphatic rings. The fraction of sp³-hybridized carbons (Fsp3) is 0.526. The van der Waals surface area contributed by atoms with Crippen LogP contribution in [0.3, 0.4) is 0 Å². The Kier molecular flexibility index (Phi) is 5.53. The van der Waals surface area contributed by atoms with Gasteiger partial charge in [0.1, 0.15) is 6.04 Å². The minimum absolute atomic E-state index is 0.0315. The van der Waals surface area contributed by atoms with E-state index in [1.165, 1.54) is 0 Å². The van der Waals surface area contributed by atoms with Crippen molar-refractivity contribution >= 4 is 29.2 Å². The molecule has 0 aliphatic carbocycles. The molecule has 2 atom stereocenters. The van der Waals surface area contributed by atoms with Crippen molar-refractivity contribution in [3.63, 3.8) is 0 Å². The lowest BCUT2D eigenvalue weighted by Gasteiger charge is -2.32. The molecule has 1 aromatic carbocycles. The number of carbonyl (C=O) groups is 3. The number of benzene rings is 1. The number of anilines is 2. The molecule has 2 saturated heterocycles. The second-order valence-corrected chi connectivity index (χ2v) is 7.37. The van der Waals surface area contributed by atoms with Crippen LogP contribution in [0.4, 0.5) is 16.2 Å². The van der Waals surface area contributed by atoms with Crippen LogP contribution in [0.25, 0.3) is 0 Å². The van der Waals surface area contributed by atoms with E-state index in [0.29, 0.717) is 19.5 Å². The number of piperidine rings is 1. The van der Waals surface area contributed by atoms with Crippen molar-refractivity contribution in [2.24, 2.45) is 11.7 Å². The molecule has 0 spiro atoms. The van der Waals surface area contributed by atoms with Crippen molar-refractivity contribution in [3.8, 4) is 0 Å². The molecule has 2 heterocycles. The maximum atomic E-state index is 12.6. The molecule has 0 aromatic heterocycles. The van der Waals surface area contributed by atoms with Crippen molar-refractivity contribution in [2.45, 2.75) is 25.3 Å². The number of carbonyl (C=O) groups excluding carboxylic acids is 3. The topological polar surface area (TPSA) is 99.0 Å². The molecule has 2 aliphatic heterocycles. The highest BCUT2D eigenvalue weighted by Gasteiger charge is 2.31. The third kappa shape index (κ3) is 4.15. The molecule has 8 nitrogen and oxygen atoms in total. The fourth-order valence-electron chi connectivity index (χ4n) is 3.84. The van der Waals surface area contributed by atoms with Gasteiger partial charge in [0.2, 0.25) is 11.8 Å². The number of primary amides is 1. The van der Waals surface area contributed by atoms with Gasteiger partial charge < -0.3 is 25.8 Å². The molecule has 0 bridgehead atoms. The van der Waals surface area contributed by atoms with E-state index in [0.717, 1.165) is 30.8 Å². The maximum absolute atomic E-state index is 12.6. The van der Waals surface area contributed by atoms with Crippen molar-refractivity contribution in [3.05, 3.63) is 24.3 Å². The first-order chi connectivity index (χ1) is 12.9. The number of amides is 4. The lowest BCUT2D eigenvalue weighted by atomic mass is 10.0. The van der Waals surface area contributed by atoms with Gasteiger partial charge in [0, 0.05) is 45.1 Å². The molecule has 1 unspecified atom stereocenters. The highest BCUT2D eigenvalue weighted by Crippen LogP contribution is 2.28. The summed E-state index contributed by atoms with van der Waals surface area (Å²) in [6, 6.07) is 6.56. The van der Waals surface area contributed by atoms with Crippen LogP contribution in [0.15, 0.2) is 24.3 Å². The van der Waals surface area contributed by atoms with Crippen LogP contribution >= 0.6 is 0 Å². The second kappa shape index (κ2) is 7.85. The zero-order valence-electron chi connectivity index (χ0n) is 15.9. The molecule has 2 fully saturated rings. The van der Waals surface area contributed by atoms with Crippen molar-refractivity contribution in [1.29, 1.82) is 0 Å². The number of nitrogens with one attached hydrogen (secondary N) is 1. The Balaban J connectivity index is 1.66. The molecular weight excluding hydrogens is 346 g/mol. The first-order valence-corrected chi connectivity index (χ1v) is 9.30. The summed E-state index contributed by atoms with van der Waals surface area (Å²) in [6.45, 7) is 2.18. The highest BCUT2D eigenvalue weighted by atomic mass is 16.2. The minimum atomic E-state index is -0.679. The van der Waals surface area contributed by atoms with Crippen molar-refractivity contribution < 1.29 is 14.4 Å². The lowest BCUT2D eigenvalue weighted by molar-refractivity contribution is -0.132. The quantitative estimate of drug-likeness (QED) is 0.814. The van der Waals surface area contributed by atoms with Crippen LogP contribution in [0.2, 0.25) is 0 Å². The number of hydrogen-bond acceptors (Lipinski definition) is 4. The lowest BCUT2D eigenvalue weighted by Crippen LogP contribution is -2.53. The largest absolute Gasteiger partial charge is 0.371 e. The summed E-state index contributed by atoms with van der Waals surface area (Å²) in [7, 11) is 3.57. The first kappa shape index (κ1) is 19.0. The third-order valence-corrected chi connectivity index (χ3v) is 5.26. The summed E-state index contributed by atoms with van der Waals surface area (Å²) in [5.74, 6) is 0.0654. The summed E-state index contributed by atoms with van der Waals surface area (Å²) in [4.78, 5) is 41.3. The predicted molar refractivity (Wildman–Crippen MR) is 104 cm³/mol. The van der Waals surface area contributed by atoms with Crippen molar-refractivity contribution in [1.82, 2.24) is 10.2 Å². The van der Waals surface area contributed by atoms with E-state index in [1.54, 1.807) is 23.9 Å². The summed E-state index contributed by atoms with van der Waals surface area (Å²) >= 11 is 0. The number of nitrogens with zero attached hydrogens (tertiary/aromatic N) is 3. The minimum Gasteiger partial charge on any atom is -0.371 e. The Morgan fingerprint density at radius 1 is 1.11 bits per heavy atom. The monoisotopic (exact) mass is 373 g/mol. The van der Waals surface area contributed by atoms with E-state index in [4.69, 9.17) is 5.73 Å². The predicted octanol–water partition coefficient (Wildman–Crippen LogP) is 0.765. The molecule has 27 heavy (non-hydrogen) atoms. The van der Waals surface area contributed by atoms with E-state index < -0.39 is 12.1 Å². The summed E-state index contributed by atoms with van der Waals surface area (Å²) in [5, 5.41) is 2.52. The maximum Gasteiger partial charge on any atom is 0.312 e. The molecule has 146 valence electrons. The number of rotatable bonds is 4. The van der Waals surface area contributed by atoms with Gasteiger partial charge in [0.25, 0.3) is 0 Å². The summed E-state index contributed by atoms with van der Waals surface area (Å²) < 4.78 is 0. The number of hydrogen-bond donors (Lipinski definition) is 2. The molecule has 3 rings (SSSR count). The van der Waals surface area contributed by atoms with Gasteiger partial charge in [-0.15, -0.1) is 0 Å². The first-order valence-electron chi connectivity index (χ1n) is 9.30. The Bertz CT molecular complexity index is 719. The van der Waals surface area contributed by atoms with Gasteiger partial charge in [-0.25, -0.2) is 4.79 Å². The Morgan fingerprint density at radius 3 is 2.41 bits per heavy atom. The van der Waals surface area contributed by atoms with Gasteiger partial charge in [-0.1, -0.05) is 0 Å². The van der Waals surface area contributed by atoms with E-state index in [1.807, 2.05) is 24.3 Å². The molecule has 0 saturated carbocycles. The SMILES string of the molecule is CN(C)C(=O)C1CCN(c2ccc(N3CCC[C@@H](NC(N)=O)C3=O)cc2)C1. The van der Waals surface area contributed by atoms with Gasteiger partial charge in [-0.3, -0.25) is 9.59 Å². The molecule has 8 heteroatoms. The van der Waals surface area contributed by atoms with E-state index in [9.17, 15) is 14.4 Å². The second-order valence-electron chi connectivity index (χ2n) is 7.37. The van der Waals surface area contributed by atoms with Crippen LogP contribution in [-0.2, 0) is 9.59 Å². The van der Waals surface area contributed by atoms with Crippen molar-refractivity contribution in [2.75, 3.05) is 43.5 Å². The molecule has 0 radical (unpaired) electrons. The van der Waals surface area contributed by atoms with E-state index in [2.05, 4.69) is 10.2 Å². The number of urea groups is 1. The summed E-state index contributed by atoms with van der Waals surface area (Å²) in [5.41, 5.74) is 7.01. The Labute approximate surface area is 159 Å². The van der Waals surface area contributed by atoms with Crippen LogP contribution in [0.1, 0.15) is 19.3 Å². The van der Waals surface area contributed by atoms with E-state index >= 15 is 0 Å². The molecular formula is C19H27N5O3. The summed E-state index contributed by atoms with van der Waals surface area (Å²) in [6.07, 6.45) is 2.26. The number of nitrogens with two attached hydrogens (primary N) is 1. The molecule has 1 aromatic rings. The normalized spacial score (nSPS) is 22.7. The van der Waals surface area contributed by atoms with Gasteiger partial charge in [0.15, 0.2) is 0 Å². The Hall–Kier alpha value is -2.77. The van der Waals surface area contributed by atoms with Crippen LogP contribution in [0, 0.1) is 5.92 Å². The zero-order chi connectivity index (χ0) is 19.6. The van der Waals surface area contributed by atoms with Gasteiger partial charge in [-0.05, 0) is 43.5 Å². The average molecular weight is 373 g/mol. The van der Waals surface area contributed by atoms with Crippen LogP contribution < -0.4 is 20.9 Å². The fourth-order valence-corrected chi connectivity index (χ4v) is 3.84. The van der Waals surface area contributed by atoms with Gasteiger partial charge >= 0.3 is 6.03 Å². The third-order valence-electron chi connectivity index (χ3n) is 5.26. The highest BCUT2D eigenvalue weighted by molar-refractivity contribution is 5.99. The molecule has 4 amide bonds. The zero-order valence-corrected chi connectivity index (χ0v) is 15.9. The standard InChI is InChI=1S/C19H27N5O3/c1-22(2)17(25)13-9-11-23(12-13)14-5-7-15(8-6-14)24-10-3-4-16(18(24)26)21-19(20)27/h5-8,13,16H,3-4,9-12H2,1-2H3,(H3,20,21,27)/t13?,16-/m1/s1. The van der Waals surface area contributed by atoms with Crippen LogP contribution in [0.5, 0.6) is 0 Å². The Morgan fingerprint density at radius 2 is 1.78 bits per heavy atom.